The zero-order valence-electron chi connectivity index (χ0n) is 22.4. The highest BCUT2D eigenvalue weighted by atomic mass is 35.5. The highest BCUT2D eigenvalue weighted by molar-refractivity contribution is 7.14. The van der Waals surface area contributed by atoms with Gasteiger partial charge in [0, 0.05) is 37.9 Å². The number of thiazole rings is 1. The minimum Gasteiger partial charge on any atom is -0.857 e. The Morgan fingerprint density at radius 2 is 1.78 bits per heavy atom. The third-order valence-corrected chi connectivity index (χ3v) is 8.45. The molecule has 0 radical (unpaired) electrons. The molecule has 1 N–H and O–H groups in total. The van der Waals surface area contributed by atoms with Crippen molar-refractivity contribution in [2.45, 2.75) is 39.2 Å². The first-order valence-corrected chi connectivity index (χ1v) is 13.8. The Kier molecular flexibility index (Phi) is 8.65. The first kappa shape index (κ1) is 30.3. The van der Waals surface area contributed by atoms with E-state index in [4.69, 9.17) is 32.9 Å². The number of nitrogens with zero attached hydrogens (tertiary/aromatic N) is 4. The summed E-state index contributed by atoms with van der Waals surface area (Å²) in [5, 5.41) is 25.7. The van der Waals surface area contributed by atoms with E-state index in [2.05, 4.69) is 10.1 Å². The predicted octanol–water partition coefficient (Wildman–Crippen LogP) is 4.20. The molecule has 0 amide bonds. The monoisotopic (exact) mass is 615 g/mol. The van der Waals surface area contributed by atoms with Crippen LogP contribution in [0.5, 0.6) is 5.88 Å². The molecule has 0 aliphatic rings. The summed E-state index contributed by atoms with van der Waals surface area (Å²) in [5.74, 6) is -1.54. The highest BCUT2D eigenvalue weighted by Crippen LogP contribution is 2.44. The number of carbonyl (C=O) groups excluding carboxylic acids is 2. The first-order chi connectivity index (χ1) is 19.3. The van der Waals surface area contributed by atoms with Crippen molar-refractivity contribution in [1.82, 2.24) is 19.7 Å². The lowest BCUT2D eigenvalue weighted by molar-refractivity contribution is -0.276. The van der Waals surface area contributed by atoms with Crippen molar-refractivity contribution in [2.75, 3.05) is 6.61 Å². The Labute approximate surface area is 249 Å². The van der Waals surface area contributed by atoms with Gasteiger partial charge in [-0.3, -0.25) is 4.79 Å². The van der Waals surface area contributed by atoms with Gasteiger partial charge in [0.1, 0.15) is 9.88 Å². The molecule has 0 aliphatic carbocycles. The van der Waals surface area contributed by atoms with Crippen molar-refractivity contribution >= 4 is 46.8 Å². The molecule has 0 fully saturated rings. The fourth-order valence-electron chi connectivity index (χ4n) is 4.04. The Balaban J connectivity index is 1.81. The van der Waals surface area contributed by atoms with Gasteiger partial charge in [0.2, 0.25) is 0 Å². The molecule has 2 aromatic heterocycles. The maximum Gasteiger partial charge on any atom is 0.368 e. The molecule has 2 aromatic carbocycles. The average molecular weight is 617 g/mol. The summed E-state index contributed by atoms with van der Waals surface area (Å²) < 4.78 is 6.45. The number of halogens is 2. The predicted molar refractivity (Wildman–Crippen MR) is 153 cm³/mol. The minimum absolute atomic E-state index is 0.156. The van der Waals surface area contributed by atoms with Gasteiger partial charge < -0.3 is 14.9 Å². The van der Waals surface area contributed by atoms with Crippen LogP contribution < -0.4 is 10.8 Å². The van der Waals surface area contributed by atoms with Gasteiger partial charge in [-0.1, -0.05) is 67.4 Å². The Morgan fingerprint density at radius 1 is 1.15 bits per heavy atom. The molecular formula is C28H25Cl2N4O6S-. The van der Waals surface area contributed by atoms with E-state index in [0.717, 1.165) is 22.2 Å². The summed E-state index contributed by atoms with van der Waals surface area (Å²) in [6.07, 6.45) is 0.198. The number of aliphatic hydroxyl groups is 1. The molecule has 0 bridgehead atoms. The fraction of sp³-hybridized carbons (Fsp3) is 0.286. The molecule has 1 unspecified atom stereocenters. The fourth-order valence-corrected chi connectivity index (χ4v) is 6.07. The Morgan fingerprint density at radius 3 is 2.34 bits per heavy atom. The third kappa shape index (κ3) is 6.03. The van der Waals surface area contributed by atoms with Gasteiger partial charge in [-0.25, -0.2) is 19.6 Å². The standard InChI is InChI=1S/C28H26Cl2N4O6S/c1-27(2,14-36)19(13-35)40-24(38)23-22(15-8-6-5-7-9-15)33-25(41-23)28(3,4)21-17(29)10-16(11-18(21)30)34-26(39)32-20(37)12-31-34/h5-13,19,36H,14H2,1-4H3,(H,32,37,39)/p-1. The van der Waals surface area contributed by atoms with E-state index < -0.39 is 34.5 Å². The van der Waals surface area contributed by atoms with Gasteiger partial charge in [-0.2, -0.15) is 9.78 Å². The molecule has 1 atom stereocenters. The summed E-state index contributed by atoms with van der Waals surface area (Å²) in [6, 6.07) is 11.9. The van der Waals surface area contributed by atoms with Crippen LogP contribution in [0.4, 0.5) is 0 Å². The molecule has 10 nitrogen and oxygen atoms in total. The quantitative estimate of drug-likeness (QED) is 0.216. The van der Waals surface area contributed by atoms with Crippen molar-refractivity contribution in [3.8, 4) is 22.8 Å². The first-order valence-electron chi connectivity index (χ1n) is 12.3. The van der Waals surface area contributed by atoms with Gasteiger partial charge in [-0.15, -0.1) is 11.3 Å². The molecule has 41 heavy (non-hydrogen) atoms. The molecule has 214 valence electrons. The smallest absolute Gasteiger partial charge is 0.368 e. The van der Waals surface area contributed by atoms with Crippen molar-refractivity contribution in [3.63, 3.8) is 0 Å². The van der Waals surface area contributed by atoms with Crippen LogP contribution in [0.15, 0.2) is 53.5 Å². The van der Waals surface area contributed by atoms with Crippen LogP contribution in [0.3, 0.4) is 0 Å². The number of aldehydes is 1. The molecular weight excluding hydrogens is 591 g/mol. The lowest BCUT2D eigenvalue weighted by Gasteiger charge is -2.27. The molecule has 0 spiro atoms. The van der Waals surface area contributed by atoms with E-state index in [9.17, 15) is 24.6 Å². The molecule has 4 rings (SSSR count). The van der Waals surface area contributed by atoms with E-state index in [1.807, 2.05) is 19.9 Å². The largest absolute Gasteiger partial charge is 0.857 e. The summed E-state index contributed by atoms with van der Waals surface area (Å²) in [7, 11) is 0. The second-order valence-corrected chi connectivity index (χ2v) is 12.2. The van der Waals surface area contributed by atoms with E-state index in [-0.39, 0.29) is 27.2 Å². The molecule has 0 saturated heterocycles. The van der Waals surface area contributed by atoms with E-state index >= 15 is 0 Å². The van der Waals surface area contributed by atoms with E-state index in [0.29, 0.717) is 28.1 Å². The Bertz CT molecular complexity index is 1650. The molecule has 13 heteroatoms. The third-order valence-electron chi connectivity index (χ3n) is 6.50. The normalized spacial score (nSPS) is 12.7. The maximum absolute atomic E-state index is 13.4. The molecule has 0 saturated carbocycles. The van der Waals surface area contributed by atoms with Crippen LogP contribution in [0.2, 0.25) is 10.0 Å². The molecule has 2 heterocycles. The number of ether oxygens (including phenoxy) is 1. The van der Waals surface area contributed by atoms with Crippen molar-refractivity contribution < 1.29 is 24.5 Å². The van der Waals surface area contributed by atoms with Crippen LogP contribution in [0, 0.1) is 5.41 Å². The van der Waals surface area contributed by atoms with Gasteiger partial charge in [-0.05, 0) is 26.0 Å². The van der Waals surface area contributed by atoms with Crippen LogP contribution in [-0.4, -0.2) is 49.8 Å². The van der Waals surface area contributed by atoms with Crippen LogP contribution in [0.25, 0.3) is 16.9 Å². The van der Waals surface area contributed by atoms with Crippen molar-refractivity contribution in [1.29, 1.82) is 0 Å². The summed E-state index contributed by atoms with van der Waals surface area (Å²) in [5.41, 5.74) is -1.18. The SMILES string of the molecule is CC(C)(c1nc(-c2ccccc2)c(C(=O)OC(C=O)C(C)(C)CO)s1)c1c(Cl)cc(-n2ncc([O-])nc2=O)cc1Cl. The van der Waals surface area contributed by atoms with Crippen LogP contribution in [0.1, 0.15) is 47.9 Å². The number of esters is 1. The second-order valence-electron chi connectivity index (χ2n) is 10.4. The number of hydrogen-bond donors (Lipinski definition) is 1. The number of rotatable bonds is 9. The van der Waals surface area contributed by atoms with Gasteiger partial charge in [0.25, 0.3) is 0 Å². The van der Waals surface area contributed by atoms with Crippen LogP contribution in [-0.2, 0) is 14.9 Å². The lowest BCUT2D eigenvalue weighted by atomic mass is 9.85. The zero-order valence-corrected chi connectivity index (χ0v) is 24.8. The number of benzene rings is 2. The minimum atomic E-state index is -1.19. The summed E-state index contributed by atoms with van der Waals surface area (Å²) in [4.78, 5) is 45.7. The average Bonchev–Trinajstić information content (AvgIpc) is 3.38. The van der Waals surface area contributed by atoms with E-state index in [1.54, 1.807) is 38.1 Å². The topological polar surface area (TPSA) is 147 Å². The number of aliphatic hydroxyl groups excluding tert-OH is 1. The van der Waals surface area contributed by atoms with Gasteiger partial charge >= 0.3 is 11.7 Å². The van der Waals surface area contributed by atoms with Crippen LogP contribution >= 0.6 is 34.5 Å². The maximum atomic E-state index is 13.4. The zero-order chi connectivity index (χ0) is 30.1. The number of carbonyl (C=O) groups is 2. The Hall–Kier alpha value is -3.64. The summed E-state index contributed by atoms with van der Waals surface area (Å²) in [6.45, 7) is 6.50. The molecule has 0 aliphatic heterocycles. The van der Waals surface area contributed by atoms with Gasteiger partial charge in [0.15, 0.2) is 12.4 Å². The summed E-state index contributed by atoms with van der Waals surface area (Å²) >= 11 is 14.5. The van der Waals surface area contributed by atoms with Crippen molar-refractivity contribution in [2.24, 2.45) is 5.41 Å². The van der Waals surface area contributed by atoms with Gasteiger partial charge in [0.05, 0.1) is 24.2 Å². The van der Waals surface area contributed by atoms with E-state index in [1.165, 1.54) is 12.1 Å². The highest BCUT2D eigenvalue weighted by Gasteiger charge is 2.37. The number of hydrogen-bond acceptors (Lipinski definition) is 10. The molecule has 4 aromatic rings. The van der Waals surface area contributed by atoms with Crippen molar-refractivity contribution in [3.05, 3.63) is 84.6 Å². The second kappa shape index (κ2) is 11.7. The lowest BCUT2D eigenvalue weighted by Crippen LogP contribution is -2.38. The number of aromatic nitrogens is 4.